The first-order valence-corrected chi connectivity index (χ1v) is 10.2. The number of halogens is 1. The van der Waals surface area contributed by atoms with Crippen LogP contribution in [0.4, 0.5) is 0 Å². The predicted octanol–water partition coefficient (Wildman–Crippen LogP) is 3.41. The fourth-order valence-corrected chi connectivity index (χ4v) is 3.67. The Morgan fingerprint density at radius 3 is 2.48 bits per heavy atom. The lowest BCUT2D eigenvalue weighted by atomic mass is 10.2. The molecule has 0 radical (unpaired) electrons. The minimum atomic E-state index is 0.332. The first kappa shape index (κ1) is 20.3. The van der Waals surface area contributed by atoms with Gasteiger partial charge in [-0.1, -0.05) is 37.6 Å². The van der Waals surface area contributed by atoms with E-state index in [2.05, 4.69) is 28.7 Å². The fraction of sp³-hybridized carbons (Fsp3) is 0.579. The van der Waals surface area contributed by atoms with E-state index in [1.165, 1.54) is 6.54 Å². The quantitative estimate of drug-likeness (QED) is 0.655. The summed E-state index contributed by atoms with van der Waals surface area (Å²) in [7, 11) is 1.93. The van der Waals surface area contributed by atoms with Crippen LogP contribution >= 0.6 is 23.8 Å². The Balaban J connectivity index is 1.59. The molecular weight excluding hydrogens is 382 g/mol. The van der Waals surface area contributed by atoms with Gasteiger partial charge in [-0.15, -0.1) is 0 Å². The maximum Gasteiger partial charge on any atom is 0.198 e. The third kappa shape index (κ3) is 5.31. The van der Waals surface area contributed by atoms with Crippen LogP contribution in [0.25, 0.3) is 0 Å². The molecule has 0 amide bonds. The average Bonchev–Trinajstić information content (AvgIpc) is 2.90. The molecule has 1 fully saturated rings. The van der Waals surface area contributed by atoms with Gasteiger partial charge < -0.3 is 14.2 Å². The van der Waals surface area contributed by atoms with E-state index < -0.39 is 0 Å². The molecule has 0 bridgehead atoms. The zero-order chi connectivity index (χ0) is 19.4. The van der Waals surface area contributed by atoms with Crippen LogP contribution in [0.15, 0.2) is 24.3 Å². The van der Waals surface area contributed by atoms with Crippen molar-refractivity contribution in [2.45, 2.75) is 27.1 Å². The highest BCUT2D eigenvalue weighted by Crippen LogP contribution is 2.23. The summed E-state index contributed by atoms with van der Waals surface area (Å²) in [6.07, 6.45) is 0. The predicted molar refractivity (Wildman–Crippen MR) is 111 cm³/mol. The van der Waals surface area contributed by atoms with Crippen LogP contribution in [-0.4, -0.2) is 56.9 Å². The number of para-hydroxylation sites is 1. The van der Waals surface area contributed by atoms with Gasteiger partial charge in [0.25, 0.3) is 0 Å². The van der Waals surface area contributed by atoms with Crippen LogP contribution < -0.4 is 4.74 Å². The Morgan fingerprint density at radius 2 is 1.81 bits per heavy atom. The Kier molecular flexibility index (Phi) is 6.92. The van der Waals surface area contributed by atoms with Gasteiger partial charge in [0.1, 0.15) is 12.4 Å². The summed E-state index contributed by atoms with van der Waals surface area (Å²) in [5.74, 6) is 2.15. The monoisotopic (exact) mass is 409 g/mol. The summed E-state index contributed by atoms with van der Waals surface area (Å²) < 4.78 is 10.3. The van der Waals surface area contributed by atoms with Gasteiger partial charge in [0, 0.05) is 39.8 Å². The minimum Gasteiger partial charge on any atom is -0.484 e. The van der Waals surface area contributed by atoms with Crippen molar-refractivity contribution >= 4 is 23.8 Å². The maximum atomic E-state index is 6.15. The van der Waals surface area contributed by atoms with Crippen molar-refractivity contribution in [1.82, 2.24) is 24.1 Å². The second kappa shape index (κ2) is 9.19. The normalized spacial score (nSPS) is 16.2. The van der Waals surface area contributed by atoms with Crippen LogP contribution in [0.2, 0.25) is 5.02 Å². The van der Waals surface area contributed by atoms with Crippen LogP contribution in [0.1, 0.15) is 19.7 Å². The third-order valence-electron chi connectivity index (χ3n) is 4.75. The first-order chi connectivity index (χ1) is 12.9. The molecule has 0 aliphatic carbocycles. The summed E-state index contributed by atoms with van der Waals surface area (Å²) in [4.78, 5) is 4.93. The zero-order valence-electron chi connectivity index (χ0n) is 16.3. The first-order valence-electron chi connectivity index (χ1n) is 9.38. The smallest absolute Gasteiger partial charge is 0.198 e. The van der Waals surface area contributed by atoms with E-state index in [1.807, 2.05) is 40.6 Å². The van der Waals surface area contributed by atoms with Gasteiger partial charge in [-0.05, 0) is 30.3 Å². The standard InChI is InChI=1S/C19H28ClN5OS/c1-15(2)12-23-8-10-24(11-9-23)14-25-19(27)22(3)18(21-25)13-26-17-7-5-4-6-16(17)20/h4-7,15H,8-14H2,1-3H3. The van der Waals surface area contributed by atoms with Crippen LogP contribution in [0, 0.1) is 10.7 Å². The van der Waals surface area contributed by atoms with E-state index in [0.29, 0.717) is 34.7 Å². The summed E-state index contributed by atoms with van der Waals surface area (Å²) in [6.45, 7) is 11.0. The molecule has 0 N–H and O–H groups in total. The number of piperazine rings is 1. The summed E-state index contributed by atoms with van der Waals surface area (Å²) in [5, 5.41) is 5.26. The molecule has 0 saturated carbocycles. The molecule has 1 aliphatic rings. The molecule has 0 atom stereocenters. The lowest BCUT2D eigenvalue weighted by molar-refractivity contribution is 0.0947. The number of rotatable bonds is 7. The van der Waals surface area contributed by atoms with E-state index in [-0.39, 0.29) is 0 Å². The zero-order valence-corrected chi connectivity index (χ0v) is 17.8. The highest BCUT2D eigenvalue weighted by Gasteiger charge is 2.19. The molecular formula is C19H28ClN5OS. The van der Waals surface area contributed by atoms with Crippen molar-refractivity contribution in [3.8, 4) is 5.75 Å². The van der Waals surface area contributed by atoms with Gasteiger partial charge in [0.05, 0.1) is 11.7 Å². The molecule has 6 nitrogen and oxygen atoms in total. The average molecular weight is 410 g/mol. The van der Waals surface area contributed by atoms with Gasteiger partial charge in [0.15, 0.2) is 10.6 Å². The number of aromatic nitrogens is 3. The molecule has 2 aromatic rings. The molecule has 0 unspecified atom stereocenters. The Morgan fingerprint density at radius 1 is 1.15 bits per heavy atom. The Hall–Kier alpha value is -1.41. The van der Waals surface area contributed by atoms with Gasteiger partial charge in [0.2, 0.25) is 0 Å². The highest BCUT2D eigenvalue weighted by molar-refractivity contribution is 7.71. The third-order valence-corrected chi connectivity index (χ3v) is 5.54. The lowest BCUT2D eigenvalue weighted by Crippen LogP contribution is -2.47. The molecule has 27 heavy (non-hydrogen) atoms. The highest BCUT2D eigenvalue weighted by atomic mass is 35.5. The summed E-state index contributed by atoms with van der Waals surface area (Å²) in [6, 6.07) is 7.45. The number of nitrogens with zero attached hydrogens (tertiary/aromatic N) is 5. The van der Waals surface area contributed by atoms with Crippen molar-refractivity contribution in [1.29, 1.82) is 0 Å². The molecule has 8 heteroatoms. The van der Waals surface area contributed by atoms with E-state index in [4.69, 9.17) is 28.6 Å². The van der Waals surface area contributed by atoms with Crippen LogP contribution in [0.5, 0.6) is 5.75 Å². The van der Waals surface area contributed by atoms with Crippen molar-refractivity contribution < 1.29 is 4.74 Å². The second-order valence-electron chi connectivity index (χ2n) is 7.43. The van der Waals surface area contributed by atoms with Gasteiger partial charge in [-0.25, -0.2) is 4.68 Å². The molecule has 2 heterocycles. The molecule has 148 valence electrons. The van der Waals surface area contributed by atoms with Crippen LogP contribution in [-0.2, 0) is 20.3 Å². The lowest BCUT2D eigenvalue weighted by Gasteiger charge is -2.35. The van der Waals surface area contributed by atoms with Crippen LogP contribution in [0.3, 0.4) is 0 Å². The Labute approximate surface area is 171 Å². The second-order valence-corrected chi connectivity index (χ2v) is 8.20. The van der Waals surface area contributed by atoms with Crippen molar-refractivity contribution in [2.24, 2.45) is 13.0 Å². The van der Waals surface area contributed by atoms with Gasteiger partial charge in [-0.2, -0.15) is 5.10 Å². The van der Waals surface area contributed by atoms with Crippen molar-refractivity contribution in [3.05, 3.63) is 39.9 Å². The van der Waals surface area contributed by atoms with E-state index in [9.17, 15) is 0 Å². The van der Waals surface area contributed by atoms with E-state index in [1.54, 1.807) is 0 Å². The van der Waals surface area contributed by atoms with Gasteiger partial charge >= 0.3 is 0 Å². The molecule has 1 aliphatic heterocycles. The molecule has 3 rings (SSSR count). The molecule has 1 aromatic heterocycles. The number of hydrogen-bond donors (Lipinski definition) is 0. The van der Waals surface area contributed by atoms with Gasteiger partial charge in [-0.3, -0.25) is 4.90 Å². The molecule has 0 spiro atoms. The largest absolute Gasteiger partial charge is 0.484 e. The van der Waals surface area contributed by atoms with E-state index in [0.717, 1.165) is 32.0 Å². The van der Waals surface area contributed by atoms with Crippen molar-refractivity contribution in [3.63, 3.8) is 0 Å². The molecule has 1 saturated heterocycles. The Bertz CT molecular complexity index is 811. The fourth-order valence-electron chi connectivity index (χ4n) is 3.27. The topological polar surface area (TPSA) is 38.5 Å². The summed E-state index contributed by atoms with van der Waals surface area (Å²) >= 11 is 11.7. The maximum absolute atomic E-state index is 6.15. The number of benzene rings is 1. The SMILES string of the molecule is CC(C)CN1CCN(Cn2nc(COc3ccccc3Cl)n(C)c2=S)CC1. The van der Waals surface area contributed by atoms with Crippen molar-refractivity contribution in [2.75, 3.05) is 32.7 Å². The minimum absolute atomic E-state index is 0.332. The summed E-state index contributed by atoms with van der Waals surface area (Å²) in [5.41, 5.74) is 0. The van der Waals surface area contributed by atoms with E-state index >= 15 is 0 Å². The molecule has 1 aromatic carbocycles. The number of ether oxygens (including phenoxy) is 1. The number of hydrogen-bond acceptors (Lipinski definition) is 5.